The number of likely N-dealkylation sites (tertiary alicyclic amines) is 1. The fourth-order valence-corrected chi connectivity index (χ4v) is 3.26. The molecule has 3 rings (SSSR count). The zero-order valence-electron chi connectivity index (χ0n) is 13.3. The van der Waals surface area contributed by atoms with E-state index in [9.17, 15) is 4.79 Å². The summed E-state index contributed by atoms with van der Waals surface area (Å²) >= 11 is 0. The number of aromatic nitrogens is 1. The predicted octanol–water partition coefficient (Wildman–Crippen LogP) is 2.69. The number of anilines is 1. The number of methoxy groups -OCH3 is 1. The smallest absolute Gasteiger partial charge is 0.257 e. The van der Waals surface area contributed by atoms with Gasteiger partial charge in [-0.2, -0.15) is 0 Å². The normalized spacial score (nSPS) is 20.3. The monoisotopic (exact) mass is 303 g/mol. The lowest BCUT2D eigenvalue weighted by atomic mass is 9.80. The van der Waals surface area contributed by atoms with Gasteiger partial charge in [-0.1, -0.05) is 0 Å². The first-order valence-corrected chi connectivity index (χ1v) is 8.27. The first-order valence-electron chi connectivity index (χ1n) is 8.27. The van der Waals surface area contributed by atoms with Crippen molar-refractivity contribution < 1.29 is 9.53 Å². The van der Waals surface area contributed by atoms with Crippen molar-refractivity contribution in [3.8, 4) is 0 Å². The molecule has 22 heavy (non-hydrogen) atoms. The van der Waals surface area contributed by atoms with Gasteiger partial charge in [-0.05, 0) is 50.7 Å². The molecule has 1 aromatic heterocycles. The van der Waals surface area contributed by atoms with Gasteiger partial charge in [0.05, 0.1) is 11.2 Å². The minimum Gasteiger partial charge on any atom is -0.376 e. The van der Waals surface area contributed by atoms with Crippen molar-refractivity contribution in [3.63, 3.8) is 0 Å². The fourth-order valence-electron chi connectivity index (χ4n) is 3.26. The van der Waals surface area contributed by atoms with E-state index in [0.717, 1.165) is 38.8 Å². The van der Waals surface area contributed by atoms with Crippen molar-refractivity contribution in [2.75, 3.05) is 32.1 Å². The van der Waals surface area contributed by atoms with E-state index in [1.165, 1.54) is 12.8 Å². The van der Waals surface area contributed by atoms with Gasteiger partial charge < -0.3 is 15.0 Å². The van der Waals surface area contributed by atoms with Crippen molar-refractivity contribution in [2.24, 2.45) is 0 Å². The SMILES string of the molecule is COC1(CNc2ncccc2C(=O)N2CCCCC2)CCC1. The second-order valence-corrected chi connectivity index (χ2v) is 6.35. The number of hydrogen-bond acceptors (Lipinski definition) is 4. The Hall–Kier alpha value is -1.62. The van der Waals surface area contributed by atoms with Crippen LogP contribution in [-0.2, 0) is 4.74 Å². The molecular formula is C17H25N3O2. The van der Waals surface area contributed by atoms with Crippen LogP contribution in [0.2, 0.25) is 0 Å². The molecule has 2 aliphatic rings. The minimum absolute atomic E-state index is 0.0804. The lowest BCUT2D eigenvalue weighted by Crippen LogP contribution is -2.45. The summed E-state index contributed by atoms with van der Waals surface area (Å²) in [7, 11) is 1.76. The number of pyridine rings is 1. The van der Waals surface area contributed by atoms with E-state index >= 15 is 0 Å². The molecule has 1 aliphatic carbocycles. The number of piperidine rings is 1. The molecule has 0 bridgehead atoms. The summed E-state index contributed by atoms with van der Waals surface area (Å²) in [6, 6.07) is 3.70. The summed E-state index contributed by atoms with van der Waals surface area (Å²) in [6.07, 6.45) is 8.49. The van der Waals surface area contributed by atoms with Crippen LogP contribution in [0.4, 0.5) is 5.82 Å². The molecular weight excluding hydrogens is 278 g/mol. The minimum atomic E-state index is -0.0804. The third-order valence-corrected chi connectivity index (χ3v) is 4.96. The molecule has 0 spiro atoms. The molecule has 120 valence electrons. The first-order chi connectivity index (χ1) is 10.7. The molecule has 1 aromatic rings. The third kappa shape index (κ3) is 3.09. The van der Waals surface area contributed by atoms with Crippen molar-refractivity contribution >= 4 is 11.7 Å². The quantitative estimate of drug-likeness (QED) is 0.908. The van der Waals surface area contributed by atoms with Crippen molar-refractivity contribution in [1.82, 2.24) is 9.88 Å². The molecule has 5 nitrogen and oxygen atoms in total. The Labute approximate surface area is 132 Å². The Bertz CT molecular complexity index is 517. The van der Waals surface area contributed by atoms with Crippen LogP contribution >= 0.6 is 0 Å². The van der Waals surface area contributed by atoms with Gasteiger partial charge in [0.2, 0.25) is 0 Å². The van der Waals surface area contributed by atoms with E-state index in [-0.39, 0.29) is 11.5 Å². The van der Waals surface area contributed by atoms with Crippen LogP contribution in [-0.4, -0.2) is 48.1 Å². The highest BCUT2D eigenvalue weighted by Crippen LogP contribution is 2.35. The number of amides is 1. The molecule has 1 amide bonds. The summed E-state index contributed by atoms with van der Waals surface area (Å²) in [6.45, 7) is 2.42. The Kier molecular flexibility index (Phi) is 4.62. The van der Waals surface area contributed by atoms with E-state index in [0.29, 0.717) is 17.9 Å². The number of ether oxygens (including phenoxy) is 1. The molecule has 1 N–H and O–H groups in total. The van der Waals surface area contributed by atoms with E-state index in [4.69, 9.17) is 4.74 Å². The van der Waals surface area contributed by atoms with Gasteiger partial charge in [0.25, 0.3) is 5.91 Å². The fraction of sp³-hybridized carbons (Fsp3) is 0.647. The van der Waals surface area contributed by atoms with E-state index in [2.05, 4.69) is 10.3 Å². The summed E-state index contributed by atoms with van der Waals surface area (Å²) in [5, 5.41) is 3.34. The van der Waals surface area contributed by atoms with Gasteiger partial charge >= 0.3 is 0 Å². The van der Waals surface area contributed by atoms with Crippen LogP contribution in [0.15, 0.2) is 18.3 Å². The zero-order chi connectivity index (χ0) is 15.4. The number of carbonyl (C=O) groups excluding carboxylic acids is 1. The van der Waals surface area contributed by atoms with Crippen LogP contribution in [0.25, 0.3) is 0 Å². The lowest BCUT2D eigenvalue weighted by Gasteiger charge is -2.40. The zero-order valence-corrected chi connectivity index (χ0v) is 13.3. The molecule has 1 aliphatic heterocycles. The Morgan fingerprint density at radius 2 is 2.09 bits per heavy atom. The van der Waals surface area contributed by atoms with Crippen LogP contribution in [0, 0.1) is 0 Å². The van der Waals surface area contributed by atoms with E-state index < -0.39 is 0 Å². The summed E-state index contributed by atoms with van der Waals surface area (Å²) in [4.78, 5) is 19.0. The van der Waals surface area contributed by atoms with Gasteiger partial charge in [-0.15, -0.1) is 0 Å². The molecule has 1 saturated carbocycles. The number of nitrogens with one attached hydrogen (secondary N) is 1. The predicted molar refractivity (Wildman–Crippen MR) is 86.1 cm³/mol. The summed E-state index contributed by atoms with van der Waals surface area (Å²) in [5.74, 6) is 0.775. The number of carbonyl (C=O) groups is 1. The van der Waals surface area contributed by atoms with Crippen molar-refractivity contribution in [3.05, 3.63) is 23.9 Å². The average molecular weight is 303 g/mol. The highest BCUT2D eigenvalue weighted by molar-refractivity contribution is 5.98. The number of nitrogens with zero attached hydrogens (tertiary/aromatic N) is 2. The Morgan fingerprint density at radius 3 is 2.73 bits per heavy atom. The Balaban J connectivity index is 1.70. The van der Waals surface area contributed by atoms with Crippen molar-refractivity contribution in [2.45, 2.75) is 44.1 Å². The van der Waals surface area contributed by atoms with Gasteiger partial charge in [0.1, 0.15) is 5.82 Å². The van der Waals surface area contributed by atoms with Crippen LogP contribution < -0.4 is 5.32 Å². The van der Waals surface area contributed by atoms with E-state index in [1.54, 1.807) is 13.3 Å². The summed E-state index contributed by atoms with van der Waals surface area (Å²) < 4.78 is 5.63. The molecule has 0 aromatic carbocycles. The van der Waals surface area contributed by atoms with E-state index in [1.807, 2.05) is 17.0 Å². The highest BCUT2D eigenvalue weighted by Gasteiger charge is 2.37. The van der Waals surface area contributed by atoms with Crippen LogP contribution in [0.1, 0.15) is 48.9 Å². The molecule has 0 radical (unpaired) electrons. The second kappa shape index (κ2) is 6.65. The number of hydrogen-bond donors (Lipinski definition) is 1. The molecule has 1 saturated heterocycles. The molecule has 2 fully saturated rings. The topological polar surface area (TPSA) is 54.5 Å². The second-order valence-electron chi connectivity index (χ2n) is 6.35. The highest BCUT2D eigenvalue weighted by atomic mass is 16.5. The Morgan fingerprint density at radius 1 is 1.32 bits per heavy atom. The van der Waals surface area contributed by atoms with Crippen LogP contribution in [0.3, 0.4) is 0 Å². The van der Waals surface area contributed by atoms with Gasteiger partial charge in [-0.3, -0.25) is 4.79 Å². The van der Waals surface area contributed by atoms with Crippen molar-refractivity contribution in [1.29, 1.82) is 0 Å². The maximum Gasteiger partial charge on any atom is 0.257 e. The largest absolute Gasteiger partial charge is 0.376 e. The van der Waals surface area contributed by atoms with Gasteiger partial charge in [0.15, 0.2) is 0 Å². The molecule has 0 atom stereocenters. The maximum atomic E-state index is 12.7. The average Bonchev–Trinajstić information content (AvgIpc) is 2.55. The van der Waals surface area contributed by atoms with Gasteiger partial charge in [0, 0.05) is 32.9 Å². The number of rotatable bonds is 5. The first kappa shape index (κ1) is 15.3. The molecule has 0 unspecified atom stereocenters. The standard InChI is InChI=1S/C17H25N3O2/c1-22-17(8-6-9-17)13-19-15-14(7-5-10-18-15)16(21)20-11-3-2-4-12-20/h5,7,10H,2-4,6,8-9,11-13H2,1H3,(H,18,19). The molecule has 5 heteroatoms. The lowest BCUT2D eigenvalue weighted by molar-refractivity contribution is -0.0601. The van der Waals surface area contributed by atoms with Crippen LogP contribution in [0.5, 0.6) is 0 Å². The molecule has 2 heterocycles. The third-order valence-electron chi connectivity index (χ3n) is 4.96. The summed E-state index contributed by atoms with van der Waals surface area (Å²) in [5.41, 5.74) is 0.596. The van der Waals surface area contributed by atoms with Gasteiger partial charge in [-0.25, -0.2) is 4.98 Å². The maximum absolute atomic E-state index is 12.7.